The summed E-state index contributed by atoms with van der Waals surface area (Å²) in [5, 5.41) is 3.60. The second kappa shape index (κ2) is 3.58. The van der Waals surface area contributed by atoms with E-state index in [-0.39, 0.29) is 0 Å². The average Bonchev–Trinajstić information content (AvgIpc) is 2.85. The Hall–Kier alpha value is -0.0800. The molecule has 0 amide bonds. The molecule has 1 N–H and O–H groups in total. The number of rotatable bonds is 2. The summed E-state index contributed by atoms with van der Waals surface area (Å²) in [6.45, 7) is 9.70. The highest BCUT2D eigenvalue weighted by molar-refractivity contribution is 4.99. The van der Waals surface area contributed by atoms with Gasteiger partial charge in [0, 0.05) is 25.7 Å². The summed E-state index contributed by atoms with van der Waals surface area (Å²) in [5.41, 5.74) is 0.680. The highest BCUT2D eigenvalue weighted by atomic mass is 15.2. The highest BCUT2D eigenvalue weighted by Gasteiger charge is 2.45. The molecule has 0 aromatic carbocycles. The van der Waals surface area contributed by atoms with Crippen molar-refractivity contribution in [3.8, 4) is 0 Å². The van der Waals surface area contributed by atoms with E-state index in [1.165, 1.54) is 45.4 Å². The molecule has 0 aromatic heterocycles. The Kier molecular flexibility index (Phi) is 2.61. The van der Waals surface area contributed by atoms with Crippen LogP contribution in [0.3, 0.4) is 0 Å². The van der Waals surface area contributed by atoms with Gasteiger partial charge < -0.3 is 5.32 Å². The van der Waals surface area contributed by atoms with E-state index in [0.29, 0.717) is 5.41 Å². The molecule has 2 heteroatoms. The van der Waals surface area contributed by atoms with E-state index in [1.54, 1.807) is 0 Å². The van der Waals surface area contributed by atoms with Gasteiger partial charge in [0.2, 0.25) is 0 Å². The van der Waals surface area contributed by atoms with Crippen LogP contribution in [-0.4, -0.2) is 37.1 Å². The normalized spacial score (nSPS) is 33.2. The summed E-state index contributed by atoms with van der Waals surface area (Å²) >= 11 is 0. The van der Waals surface area contributed by atoms with Gasteiger partial charge in [-0.1, -0.05) is 6.92 Å². The lowest BCUT2D eigenvalue weighted by atomic mass is 10.1. The van der Waals surface area contributed by atoms with Crippen LogP contribution < -0.4 is 5.32 Å². The maximum atomic E-state index is 3.60. The molecular weight excluding hydrogens is 160 g/mol. The van der Waals surface area contributed by atoms with Crippen molar-refractivity contribution >= 4 is 0 Å². The molecule has 2 fully saturated rings. The third-order valence-corrected chi connectivity index (χ3v) is 3.57. The first-order valence-electron chi connectivity index (χ1n) is 5.70. The van der Waals surface area contributed by atoms with Gasteiger partial charge in [0.25, 0.3) is 0 Å². The lowest BCUT2D eigenvalue weighted by molar-refractivity contribution is 0.193. The Bertz CT molecular complexity index is 175. The number of hydrogen-bond donors (Lipinski definition) is 1. The van der Waals surface area contributed by atoms with Crippen LogP contribution in [0.1, 0.15) is 33.1 Å². The van der Waals surface area contributed by atoms with Crippen molar-refractivity contribution in [1.29, 1.82) is 0 Å². The van der Waals surface area contributed by atoms with Gasteiger partial charge in [0.1, 0.15) is 0 Å². The molecule has 2 rings (SSSR count). The Balaban J connectivity index is 1.96. The quantitative estimate of drug-likeness (QED) is 0.695. The van der Waals surface area contributed by atoms with Crippen LogP contribution in [0.5, 0.6) is 0 Å². The zero-order valence-corrected chi connectivity index (χ0v) is 8.97. The van der Waals surface area contributed by atoms with Crippen molar-refractivity contribution in [1.82, 2.24) is 10.2 Å². The van der Waals surface area contributed by atoms with Crippen LogP contribution in [0, 0.1) is 5.41 Å². The van der Waals surface area contributed by atoms with Crippen LogP contribution in [0.15, 0.2) is 0 Å². The minimum Gasteiger partial charge on any atom is -0.315 e. The monoisotopic (exact) mass is 182 g/mol. The van der Waals surface area contributed by atoms with Crippen LogP contribution in [0.2, 0.25) is 0 Å². The molecule has 1 atom stereocenters. The van der Waals surface area contributed by atoms with E-state index in [0.717, 1.165) is 6.04 Å². The molecular formula is C11H22N2. The number of nitrogens with one attached hydrogen (secondary N) is 1. The van der Waals surface area contributed by atoms with Gasteiger partial charge in [-0.2, -0.15) is 0 Å². The smallest absolute Gasteiger partial charge is 0.0192 e. The third-order valence-electron chi connectivity index (χ3n) is 3.57. The van der Waals surface area contributed by atoms with Crippen LogP contribution in [-0.2, 0) is 0 Å². The first kappa shape index (κ1) is 9.47. The second-order valence-corrected chi connectivity index (χ2v) is 4.95. The SMILES string of the molecule is CCCN1CC2(CC2)CNCC1C. The van der Waals surface area contributed by atoms with Gasteiger partial charge in [0.05, 0.1) is 0 Å². The molecule has 0 aromatic rings. The van der Waals surface area contributed by atoms with Crippen molar-refractivity contribution < 1.29 is 0 Å². The summed E-state index contributed by atoms with van der Waals surface area (Å²) in [6.07, 6.45) is 4.19. The lowest BCUT2D eigenvalue weighted by Gasteiger charge is -2.28. The first-order valence-corrected chi connectivity index (χ1v) is 5.70. The zero-order chi connectivity index (χ0) is 9.31. The predicted molar refractivity (Wildman–Crippen MR) is 55.9 cm³/mol. The third kappa shape index (κ3) is 2.05. The van der Waals surface area contributed by atoms with Crippen molar-refractivity contribution in [2.24, 2.45) is 5.41 Å². The fourth-order valence-electron chi connectivity index (χ4n) is 2.42. The van der Waals surface area contributed by atoms with Crippen molar-refractivity contribution in [3.05, 3.63) is 0 Å². The Labute approximate surface area is 81.7 Å². The second-order valence-electron chi connectivity index (χ2n) is 4.95. The van der Waals surface area contributed by atoms with Gasteiger partial charge in [0.15, 0.2) is 0 Å². The Morgan fingerprint density at radius 1 is 1.46 bits per heavy atom. The van der Waals surface area contributed by atoms with E-state index >= 15 is 0 Å². The fourth-order valence-corrected chi connectivity index (χ4v) is 2.42. The van der Waals surface area contributed by atoms with Gasteiger partial charge in [-0.3, -0.25) is 4.90 Å². The summed E-state index contributed by atoms with van der Waals surface area (Å²) in [6, 6.07) is 0.736. The largest absolute Gasteiger partial charge is 0.315 e. The number of nitrogens with zero attached hydrogens (tertiary/aromatic N) is 1. The molecule has 1 aliphatic carbocycles. The minimum atomic E-state index is 0.680. The van der Waals surface area contributed by atoms with E-state index in [4.69, 9.17) is 0 Å². The van der Waals surface area contributed by atoms with Crippen LogP contribution in [0.4, 0.5) is 0 Å². The molecule has 1 spiro atoms. The lowest BCUT2D eigenvalue weighted by Crippen LogP contribution is -2.38. The molecule has 0 bridgehead atoms. The van der Waals surface area contributed by atoms with Crippen LogP contribution >= 0.6 is 0 Å². The zero-order valence-electron chi connectivity index (χ0n) is 8.97. The highest BCUT2D eigenvalue weighted by Crippen LogP contribution is 2.46. The molecule has 1 aliphatic heterocycles. The number of hydrogen-bond acceptors (Lipinski definition) is 2. The average molecular weight is 182 g/mol. The molecule has 1 saturated heterocycles. The first-order chi connectivity index (χ1) is 6.26. The van der Waals surface area contributed by atoms with Crippen molar-refractivity contribution in [2.45, 2.75) is 39.2 Å². The minimum absolute atomic E-state index is 0.680. The van der Waals surface area contributed by atoms with E-state index in [1.807, 2.05) is 0 Å². The fraction of sp³-hybridized carbons (Fsp3) is 1.00. The standard InChI is InChI=1S/C11H22N2/c1-3-6-13-9-11(4-5-11)8-12-7-10(13)2/h10,12H,3-9H2,1-2H3. The van der Waals surface area contributed by atoms with Gasteiger partial charge in [-0.15, -0.1) is 0 Å². The molecule has 76 valence electrons. The van der Waals surface area contributed by atoms with Crippen LogP contribution in [0.25, 0.3) is 0 Å². The van der Waals surface area contributed by atoms with Crippen molar-refractivity contribution in [3.63, 3.8) is 0 Å². The summed E-state index contributed by atoms with van der Waals surface area (Å²) in [7, 11) is 0. The predicted octanol–water partition coefficient (Wildman–Crippen LogP) is 1.47. The summed E-state index contributed by atoms with van der Waals surface area (Å²) < 4.78 is 0. The Morgan fingerprint density at radius 2 is 2.23 bits per heavy atom. The van der Waals surface area contributed by atoms with Gasteiger partial charge in [-0.05, 0) is 38.1 Å². The molecule has 1 unspecified atom stereocenters. The van der Waals surface area contributed by atoms with E-state index < -0.39 is 0 Å². The van der Waals surface area contributed by atoms with E-state index in [9.17, 15) is 0 Å². The van der Waals surface area contributed by atoms with E-state index in [2.05, 4.69) is 24.1 Å². The maximum Gasteiger partial charge on any atom is 0.0192 e. The molecule has 2 aliphatic rings. The maximum absolute atomic E-state index is 3.60. The van der Waals surface area contributed by atoms with Gasteiger partial charge >= 0.3 is 0 Å². The summed E-state index contributed by atoms with van der Waals surface area (Å²) in [5.74, 6) is 0. The molecule has 1 heterocycles. The van der Waals surface area contributed by atoms with Crippen molar-refractivity contribution in [2.75, 3.05) is 26.2 Å². The topological polar surface area (TPSA) is 15.3 Å². The molecule has 1 saturated carbocycles. The molecule has 13 heavy (non-hydrogen) atoms. The van der Waals surface area contributed by atoms with Gasteiger partial charge in [-0.25, -0.2) is 0 Å². The molecule has 2 nitrogen and oxygen atoms in total. The summed E-state index contributed by atoms with van der Waals surface area (Å²) in [4.78, 5) is 2.67. The Morgan fingerprint density at radius 3 is 2.85 bits per heavy atom. The molecule has 0 radical (unpaired) electrons.